The van der Waals surface area contributed by atoms with Gasteiger partial charge in [-0.2, -0.15) is 0 Å². The fourth-order valence-electron chi connectivity index (χ4n) is 14.4. The van der Waals surface area contributed by atoms with Crippen molar-refractivity contribution in [2.24, 2.45) is 11.3 Å². The second-order valence-electron chi connectivity index (χ2n) is 25.3. The first kappa shape index (κ1) is 46.3. The zero-order valence-corrected chi connectivity index (χ0v) is 46.4. The van der Waals surface area contributed by atoms with Crippen LogP contribution in [-0.2, 0) is 22.7 Å². The first-order valence-electron chi connectivity index (χ1n) is 27.2. The van der Waals surface area contributed by atoms with Crippen molar-refractivity contribution in [1.29, 1.82) is 0 Å². The maximum absolute atomic E-state index is 7.77. The normalized spacial score (nSPS) is 19.4. The lowest BCUT2D eigenvalue weighted by atomic mass is 9.35. The highest BCUT2D eigenvalue weighted by Crippen LogP contribution is 2.61. The first-order valence-corrected chi connectivity index (χ1v) is 28.8. The highest BCUT2D eigenvalue weighted by atomic mass is 32.1. The average Bonchev–Trinajstić information content (AvgIpc) is 3.92. The Hall–Kier alpha value is -6.28. The Bertz CT molecular complexity index is 3800. The van der Waals surface area contributed by atoms with E-state index in [0.29, 0.717) is 0 Å². The van der Waals surface area contributed by atoms with Crippen LogP contribution in [0.15, 0.2) is 139 Å². The van der Waals surface area contributed by atoms with Crippen molar-refractivity contribution < 1.29 is 4.74 Å². The van der Waals surface area contributed by atoms with E-state index in [1.54, 1.807) is 0 Å². The van der Waals surface area contributed by atoms with Gasteiger partial charge in [-0.05, 0) is 173 Å². The number of aryl methyl sites for hydroxylation is 1. The lowest BCUT2D eigenvalue weighted by molar-refractivity contribution is 0.194. The summed E-state index contributed by atoms with van der Waals surface area (Å²) < 4.78 is 11.8. The Labute approximate surface area is 446 Å². The summed E-state index contributed by atoms with van der Waals surface area (Å²) in [6.45, 7) is 28.4. The molecule has 14 rings (SSSR count). The highest BCUT2D eigenvalue weighted by Gasteiger charge is 2.53. The van der Waals surface area contributed by atoms with Gasteiger partial charge in [-0.3, -0.25) is 0 Å². The molecule has 0 radical (unpaired) electrons. The van der Waals surface area contributed by atoms with E-state index in [1.807, 2.05) is 28.7 Å². The molecule has 0 amide bonds. The van der Waals surface area contributed by atoms with Crippen LogP contribution in [0, 0.1) is 18.3 Å². The number of hydrogen-bond acceptors (Lipinski definition) is 6. The largest absolute Gasteiger partial charge is 0.457 e. The topological polar surface area (TPSA) is 19.0 Å². The molecule has 4 bridgehead atoms. The zero-order valence-electron chi connectivity index (χ0n) is 44.8. The summed E-state index contributed by atoms with van der Waals surface area (Å²) in [6, 6.07) is 43.1. The maximum atomic E-state index is 7.77. The number of allylic oxidation sites excluding steroid dienone is 4. The molecule has 0 N–H and O–H groups in total. The molecule has 0 saturated carbocycles. The number of fused-ring (bicyclic) bond motifs is 11. The van der Waals surface area contributed by atoms with Crippen LogP contribution in [0.2, 0.25) is 0 Å². The quantitative estimate of drug-likeness (QED) is 0.126. The summed E-state index contributed by atoms with van der Waals surface area (Å²) >= 11 is 3.88. The van der Waals surface area contributed by atoms with E-state index in [0.717, 1.165) is 55.7 Å². The standard InChI is InChI=1S/C67H66BN3OS2/c1-12-13-25-54-39(2)44-35-42(28-31-55(44)73-54)70-53-37-48-57(66(8,9)33-32-65(48,6)7)60-58(53)68(63-59(70)45-34-40(38-64(3,4)5)26-30-56(45)74-63)49-29-27-43-36-52(49)71(60)51-24-18-22-47-62(51)72-61-46(67(47,10)11)21-17-23-50(61)69(43)41-19-15-14-16-20-41/h12-16,18-20,22,24-31,34-37,46H,1,17,21,23,32-33,38H2,2-11H3/b25-13-. The van der Waals surface area contributed by atoms with Crippen molar-refractivity contribution in [2.45, 2.75) is 124 Å². The summed E-state index contributed by atoms with van der Waals surface area (Å²) in [4.78, 5) is 9.30. The van der Waals surface area contributed by atoms with Gasteiger partial charge in [-0.15, -0.1) is 22.7 Å². The van der Waals surface area contributed by atoms with Crippen molar-refractivity contribution in [3.05, 3.63) is 172 Å². The molecule has 8 aromatic rings. The number of thiophene rings is 2. The van der Waals surface area contributed by atoms with Crippen molar-refractivity contribution in [3.8, 4) is 5.75 Å². The number of para-hydroxylation sites is 2. The summed E-state index contributed by atoms with van der Waals surface area (Å²) in [5, 5.41) is 2.65. The van der Waals surface area contributed by atoms with E-state index in [1.165, 1.54) is 114 Å². The van der Waals surface area contributed by atoms with E-state index >= 15 is 0 Å². The van der Waals surface area contributed by atoms with E-state index in [2.05, 4.69) is 212 Å². The van der Waals surface area contributed by atoms with Crippen LogP contribution < -0.4 is 35.1 Å². The Kier molecular flexibility index (Phi) is 9.93. The summed E-state index contributed by atoms with van der Waals surface area (Å²) in [6.07, 6.45) is 12.6. The highest BCUT2D eigenvalue weighted by molar-refractivity contribution is 7.33. The molecule has 4 nitrogen and oxygen atoms in total. The third-order valence-electron chi connectivity index (χ3n) is 18.1. The molecule has 6 heterocycles. The van der Waals surface area contributed by atoms with Gasteiger partial charge >= 0.3 is 0 Å². The van der Waals surface area contributed by atoms with Gasteiger partial charge in [0.15, 0.2) is 5.75 Å². The molecule has 4 aliphatic heterocycles. The van der Waals surface area contributed by atoms with Crippen molar-refractivity contribution in [2.75, 3.05) is 14.7 Å². The summed E-state index contributed by atoms with van der Waals surface area (Å²) in [7, 11) is 0. The van der Waals surface area contributed by atoms with E-state index < -0.39 is 0 Å². The third kappa shape index (κ3) is 6.57. The molecule has 74 heavy (non-hydrogen) atoms. The smallest absolute Gasteiger partial charge is 0.264 e. The van der Waals surface area contributed by atoms with Gasteiger partial charge in [0, 0.05) is 75.5 Å². The molecule has 6 aliphatic rings. The summed E-state index contributed by atoms with van der Waals surface area (Å²) in [5.41, 5.74) is 20.7. The lowest BCUT2D eigenvalue weighted by Gasteiger charge is -2.52. The fourth-order valence-corrected chi connectivity index (χ4v) is 16.8. The number of nitrogens with zero attached hydrogens (tertiary/aromatic N) is 3. The minimum atomic E-state index is -0.161. The van der Waals surface area contributed by atoms with Gasteiger partial charge in [0.1, 0.15) is 5.76 Å². The van der Waals surface area contributed by atoms with Crippen LogP contribution in [-0.4, -0.2) is 6.71 Å². The number of rotatable bonds is 5. The second kappa shape index (κ2) is 15.9. The predicted molar refractivity (Wildman–Crippen MR) is 320 cm³/mol. The number of anilines is 8. The van der Waals surface area contributed by atoms with Crippen LogP contribution in [0.3, 0.4) is 0 Å². The van der Waals surface area contributed by atoms with Gasteiger partial charge in [0.05, 0.1) is 17.1 Å². The van der Waals surface area contributed by atoms with Gasteiger partial charge in [0.25, 0.3) is 6.71 Å². The fraction of sp³-hybridized carbons (Fsp3) is 0.313. The van der Waals surface area contributed by atoms with Crippen LogP contribution in [0.5, 0.6) is 5.75 Å². The van der Waals surface area contributed by atoms with Gasteiger partial charge in [-0.25, -0.2) is 0 Å². The molecule has 0 spiro atoms. The molecule has 1 unspecified atom stereocenters. The molecule has 7 heteroatoms. The van der Waals surface area contributed by atoms with Crippen LogP contribution in [0.4, 0.5) is 45.5 Å². The molecule has 0 fully saturated rings. The molecule has 2 aliphatic carbocycles. The number of ether oxygens (including phenoxy) is 1. The zero-order chi connectivity index (χ0) is 51.0. The number of hydrogen-bond donors (Lipinski definition) is 0. The Balaban J connectivity index is 1.15. The van der Waals surface area contributed by atoms with Crippen LogP contribution >= 0.6 is 22.7 Å². The maximum Gasteiger partial charge on any atom is 0.264 e. The van der Waals surface area contributed by atoms with E-state index in [-0.39, 0.29) is 34.3 Å². The van der Waals surface area contributed by atoms with Gasteiger partial charge < -0.3 is 19.4 Å². The lowest BCUT2D eigenvalue weighted by Crippen LogP contribution is -2.61. The molecule has 2 aromatic heterocycles. The van der Waals surface area contributed by atoms with Crippen LogP contribution in [0.25, 0.3) is 26.2 Å². The number of benzene rings is 6. The Morgan fingerprint density at radius 1 is 0.716 bits per heavy atom. The SMILES string of the molecule is C=C/C=C\c1sc2ccc(N3c4cc5c(c6c4B(c4ccc7cc4N6c4cccc6c4OC4=C(CCCC4C6(C)C)N7c4ccccc4)c4sc6ccc(CC(C)(C)C)cc6c43)C(C)(C)CCC5(C)C)cc2c1C. The van der Waals surface area contributed by atoms with Crippen molar-refractivity contribution in [3.63, 3.8) is 0 Å². The van der Waals surface area contributed by atoms with E-state index in [9.17, 15) is 0 Å². The van der Waals surface area contributed by atoms with Gasteiger partial charge in [0.2, 0.25) is 0 Å². The van der Waals surface area contributed by atoms with Crippen molar-refractivity contribution in [1.82, 2.24) is 0 Å². The van der Waals surface area contributed by atoms with Crippen molar-refractivity contribution >= 4 is 117 Å². The third-order valence-corrected chi connectivity index (χ3v) is 20.5. The molecular formula is C67H66BN3OS2. The molecule has 6 aromatic carbocycles. The van der Waals surface area contributed by atoms with Crippen LogP contribution in [0.1, 0.15) is 127 Å². The minimum absolute atomic E-state index is 0.0118. The van der Waals surface area contributed by atoms with Gasteiger partial charge in [-0.1, -0.05) is 124 Å². The minimum Gasteiger partial charge on any atom is -0.457 e. The average molecular weight is 1000 g/mol. The monoisotopic (exact) mass is 1000 g/mol. The molecular weight excluding hydrogens is 938 g/mol. The predicted octanol–water partition coefficient (Wildman–Crippen LogP) is 17.5. The first-order chi connectivity index (χ1) is 35.4. The summed E-state index contributed by atoms with van der Waals surface area (Å²) in [5.74, 6) is 2.40. The molecule has 1 atom stereocenters. The Morgan fingerprint density at radius 2 is 1.47 bits per heavy atom. The molecule has 370 valence electrons. The Morgan fingerprint density at radius 3 is 2.27 bits per heavy atom. The molecule has 0 saturated heterocycles. The second-order valence-corrected chi connectivity index (χ2v) is 27.5. The van der Waals surface area contributed by atoms with E-state index in [4.69, 9.17) is 4.74 Å².